The maximum Gasteiger partial charge on any atom is 0.0349 e. The largest absolute Gasteiger partial charge is 0.313 e. The minimum absolute atomic E-state index is 0.538. The summed E-state index contributed by atoms with van der Waals surface area (Å²) >= 11 is 3.60. The second-order valence-corrected chi connectivity index (χ2v) is 5.27. The average Bonchev–Trinajstić information content (AvgIpc) is 2.16. The van der Waals surface area contributed by atoms with Gasteiger partial charge in [-0.2, -0.15) is 0 Å². The molecule has 82 valence electrons. The molecule has 1 saturated carbocycles. The maximum atomic E-state index is 3.60. The minimum atomic E-state index is 0.538. The Morgan fingerprint density at radius 3 is 2.67 bits per heavy atom. The van der Waals surface area contributed by atoms with Crippen molar-refractivity contribution >= 4 is 15.9 Å². The number of hydrogen-bond donors (Lipinski definition) is 1. The maximum absolute atomic E-state index is 3.60. The van der Waals surface area contributed by atoms with E-state index in [9.17, 15) is 0 Å². The van der Waals surface area contributed by atoms with Gasteiger partial charge in [0.05, 0.1) is 0 Å². The van der Waals surface area contributed by atoms with Gasteiger partial charge in [-0.3, -0.25) is 0 Å². The molecular weight excluding hydrogens is 250 g/mol. The van der Waals surface area contributed by atoms with Gasteiger partial charge in [0, 0.05) is 10.5 Å². The third-order valence-electron chi connectivity index (χ3n) is 3.58. The van der Waals surface area contributed by atoms with Gasteiger partial charge in [0.25, 0.3) is 0 Å². The Hall–Kier alpha value is -0.340. The van der Waals surface area contributed by atoms with E-state index in [4.69, 9.17) is 0 Å². The molecule has 1 aromatic rings. The van der Waals surface area contributed by atoms with Crippen molar-refractivity contribution in [2.24, 2.45) is 5.92 Å². The lowest BCUT2D eigenvalue weighted by Crippen LogP contribution is -2.30. The third kappa shape index (κ3) is 2.11. The molecule has 1 N–H and O–H groups in total. The molecule has 0 aliphatic heterocycles. The van der Waals surface area contributed by atoms with Crippen LogP contribution in [0.2, 0.25) is 0 Å². The molecule has 0 radical (unpaired) electrons. The number of rotatable bonds is 3. The molecule has 15 heavy (non-hydrogen) atoms. The van der Waals surface area contributed by atoms with Crippen LogP contribution in [0.25, 0.3) is 0 Å². The van der Waals surface area contributed by atoms with Crippen molar-refractivity contribution in [3.63, 3.8) is 0 Å². The zero-order valence-electron chi connectivity index (χ0n) is 9.39. The lowest BCUT2D eigenvalue weighted by Gasteiger charge is -2.34. The van der Waals surface area contributed by atoms with Gasteiger partial charge in [-0.15, -0.1) is 0 Å². The topological polar surface area (TPSA) is 12.0 Å². The van der Waals surface area contributed by atoms with Crippen molar-refractivity contribution in [1.82, 2.24) is 5.32 Å². The Morgan fingerprint density at radius 1 is 1.40 bits per heavy atom. The fourth-order valence-electron chi connectivity index (χ4n) is 2.38. The number of halogens is 1. The monoisotopic (exact) mass is 267 g/mol. The number of hydrogen-bond acceptors (Lipinski definition) is 1. The number of benzene rings is 1. The van der Waals surface area contributed by atoms with E-state index in [2.05, 4.69) is 53.4 Å². The van der Waals surface area contributed by atoms with Crippen LogP contribution in [0.4, 0.5) is 0 Å². The summed E-state index contributed by atoms with van der Waals surface area (Å²) in [6, 6.07) is 7.04. The molecule has 1 nitrogen and oxygen atoms in total. The van der Waals surface area contributed by atoms with Crippen LogP contribution < -0.4 is 5.32 Å². The quantitative estimate of drug-likeness (QED) is 0.878. The van der Waals surface area contributed by atoms with Crippen LogP contribution in [0, 0.1) is 12.8 Å². The van der Waals surface area contributed by atoms with E-state index in [0.717, 1.165) is 5.92 Å². The van der Waals surface area contributed by atoms with E-state index in [0.29, 0.717) is 6.04 Å². The van der Waals surface area contributed by atoms with Crippen LogP contribution in [-0.2, 0) is 0 Å². The summed E-state index contributed by atoms with van der Waals surface area (Å²) in [5.74, 6) is 0.836. The third-order valence-corrected chi connectivity index (χ3v) is 4.44. The van der Waals surface area contributed by atoms with E-state index >= 15 is 0 Å². The van der Waals surface area contributed by atoms with E-state index in [1.165, 1.54) is 34.9 Å². The first-order valence-corrected chi connectivity index (χ1v) is 6.45. The summed E-state index contributed by atoms with van der Waals surface area (Å²) in [5, 5.41) is 3.47. The molecule has 1 fully saturated rings. The van der Waals surface area contributed by atoms with Crippen LogP contribution in [0.1, 0.15) is 36.4 Å². The van der Waals surface area contributed by atoms with E-state index < -0.39 is 0 Å². The number of nitrogens with one attached hydrogen (secondary N) is 1. The predicted molar refractivity (Wildman–Crippen MR) is 68.0 cm³/mol. The van der Waals surface area contributed by atoms with Crippen LogP contribution >= 0.6 is 15.9 Å². The average molecular weight is 268 g/mol. The van der Waals surface area contributed by atoms with Crippen LogP contribution in [0.5, 0.6) is 0 Å². The van der Waals surface area contributed by atoms with Gasteiger partial charge in [0.15, 0.2) is 0 Å². The van der Waals surface area contributed by atoms with Crippen molar-refractivity contribution < 1.29 is 0 Å². The van der Waals surface area contributed by atoms with Crippen LogP contribution in [-0.4, -0.2) is 7.05 Å². The summed E-state index contributed by atoms with van der Waals surface area (Å²) in [7, 11) is 2.07. The van der Waals surface area contributed by atoms with Crippen LogP contribution in [0.15, 0.2) is 22.7 Å². The second kappa shape index (κ2) is 4.67. The normalized spacial score (nSPS) is 18.6. The zero-order valence-corrected chi connectivity index (χ0v) is 11.0. The van der Waals surface area contributed by atoms with Gasteiger partial charge >= 0.3 is 0 Å². The summed E-state index contributed by atoms with van der Waals surface area (Å²) in [6.07, 6.45) is 4.14. The van der Waals surface area contributed by atoms with Gasteiger partial charge < -0.3 is 5.32 Å². The lowest BCUT2D eigenvalue weighted by atomic mass is 9.76. The lowest BCUT2D eigenvalue weighted by molar-refractivity contribution is 0.239. The van der Waals surface area contributed by atoms with E-state index in [1.807, 2.05) is 0 Å². The molecule has 1 aliphatic rings. The molecule has 1 aliphatic carbocycles. The highest BCUT2D eigenvalue weighted by molar-refractivity contribution is 9.10. The summed E-state index contributed by atoms with van der Waals surface area (Å²) < 4.78 is 1.22. The molecule has 0 heterocycles. The Bertz CT molecular complexity index is 344. The fraction of sp³-hybridized carbons (Fsp3) is 0.538. The first-order valence-electron chi connectivity index (χ1n) is 5.66. The molecule has 0 saturated heterocycles. The summed E-state index contributed by atoms with van der Waals surface area (Å²) in [6.45, 7) is 2.20. The molecule has 0 amide bonds. The molecule has 1 atom stereocenters. The van der Waals surface area contributed by atoms with Crippen LogP contribution in [0.3, 0.4) is 0 Å². The highest BCUT2D eigenvalue weighted by Crippen LogP contribution is 2.39. The molecule has 1 unspecified atom stereocenters. The first-order chi connectivity index (χ1) is 7.24. The highest BCUT2D eigenvalue weighted by atomic mass is 79.9. The van der Waals surface area contributed by atoms with Crippen molar-refractivity contribution in [2.75, 3.05) is 7.05 Å². The smallest absolute Gasteiger partial charge is 0.0349 e. The molecule has 0 bridgehead atoms. The molecule has 1 aromatic carbocycles. The van der Waals surface area contributed by atoms with Gasteiger partial charge in [0.2, 0.25) is 0 Å². The fourth-order valence-corrected chi connectivity index (χ4v) is 2.76. The van der Waals surface area contributed by atoms with E-state index in [-0.39, 0.29) is 0 Å². The summed E-state index contributed by atoms with van der Waals surface area (Å²) in [4.78, 5) is 0. The van der Waals surface area contributed by atoms with Gasteiger partial charge in [0.1, 0.15) is 0 Å². The second-order valence-electron chi connectivity index (χ2n) is 4.41. The van der Waals surface area contributed by atoms with E-state index in [1.54, 1.807) is 0 Å². The van der Waals surface area contributed by atoms with Gasteiger partial charge in [-0.05, 0) is 49.9 Å². The Kier molecular flexibility index (Phi) is 3.47. The van der Waals surface area contributed by atoms with Crippen molar-refractivity contribution in [3.05, 3.63) is 33.8 Å². The highest BCUT2D eigenvalue weighted by Gasteiger charge is 2.28. The Morgan fingerprint density at radius 2 is 2.13 bits per heavy atom. The SMILES string of the molecule is CNC(c1cccc(Br)c1C)C1CCC1. The predicted octanol–water partition coefficient (Wildman–Crippen LogP) is 3.82. The summed E-state index contributed by atoms with van der Waals surface area (Å²) in [5.41, 5.74) is 2.83. The molecule has 0 aromatic heterocycles. The Balaban J connectivity index is 2.29. The van der Waals surface area contributed by atoms with Gasteiger partial charge in [-0.1, -0.05) is 34.5 Å². The van der Waals surface area contributed by atoms with Gasteiger partial charge in [-0.25, -0.2) is 0 Å². The van der Waals surface area contributed by atoms with Crippen molar-refractivity contribution in [2.45, 2.75) is 32.2 Å². The Labute approximate surface area is 100 Å². The first kappa shape index (κ1) is 11.2. The zero-order chi connectivity index (χ0) is 10.8. The molecule has 2 heteroatoms. The minimum Gasteiger partial charge on any atom is -0.313 e. The van der Waals surface area contributed by atoms with Crippen molar-refractivity contribution in [1.29, 1.82) is 0 Å². The molecular formula is C13H18BrN. The molecule has 0 spiro atoms. The molecule has 2 rings (SSSR count). The standard InChI is InChI=1S/C13H18BrN/c1-9-11(7-4-8-12(9)14)13(15-2)10-5-3-6-10/h4,7-8,10,13,15H,3,5-6H2,1-2H3. The van der Waals surface area contributed by atoms with Crippen molar-refractivity contribution in [3.8, 4) is 0 Å².